The first-order valence-corrected chi connectivity index (χ1v) is 12.2. The molecule has 0 saturated heterocycles. The van der Waals surface area contributed by atoms with Gasteiger partial charge in [-0.05, 0) is 92.0 Å². The lowest BCUT2D eigenvalue weighted by Crippen LogP contribution is -2.30. The van der Waals surface area contributed by atoms with Crippen molar-refractivity contribution in [3.63, 3.8) is 0 Å². The fourth-order valence-electron chi connectivity index (χ4n) is 4.03. The zero-order chi connectivity index (χ0) is 24.3. The molecule has 0 spiro atoms. The van der Waals surface area contributed by atoms with Crippen molar-refractivity contribution in [3.05, 3.63) is 67.3 Å². The molecule has 1 heterocycles. The van der Waals surface area contributed by atoms with Gasteiger partial charge >= 0.3 is 12.1 Å². The number of carbonyl (C=O) groups excluding carboxylic acids is 2. The van der Waals surface area contributed by atoms with Crippen LogP contribution < -0.4 is 0 Å². The third-order valence-corrected chi connectivity index (χ3v) is 7.03. The third kappa shape index (κ3) is 5.87. The van der Waals surface area contributed by atoms with Crippen LogP contribution in [0.5, 0.6) is 0 Å². The van der Waals surface area contributed by atoms with Crippen LogP contribution in [-0.4, -0.2) is 29.2 Å². The molecule has 0 N–H and O–H groups in total. The number of hydrogen-bond donors (Lipinski definition) is 0. The number of amides is 1. The minimum atomic E-state index is -0.833. The van der Waals surface area contributed by atoms with E-state index in [4.69, 9.17) is 14.2 Å². The summed E-state index contributed by atoms with van der Waals surface area (Å²) < 4.78 is 18.1. The third-order valence-electron chi connectivity index (χ3n) is 5.63. The first-order valence-electron chi connectivity index (χ1n) is 11.1. The Labute approximate surface area is 209 Å². The van der Waals surface area contributed by atoms with Crippen LogP contribution in [0.1, 0.15) is 67.2 Å². The number of hydrogen-bond acceptors (Lipinski definition) is 5. The van der Waals surface area contributed by atoms with Gasteiger partial charge in [0.25, 0.3) is 0 Å². The van der Waals surface area contributed by atoms with Crippen LogP contribution in [0.2, 0.25) is 0 Å². The monoisotopic (exact) mass is 565 g/mol. The Hall–Kier alpha value is -2.13. The lowest BCUT2D eigenvalue weighted by molar-refractivity contribution is -0.167. The van der Waals surface area contributed by atoms with Crippen LogP contribution in [0.4, 0.5) is 4.79 Å². The quantitative estimate of drug-likeness (QED) is 0.319. The summed E-state index contributed by atoms with van der Waals surface area (Å²) in [4.78, 5) is 27.4. The standard InChI is InChI=1S/C26H32INO5/c1-7-31-24(29)23(33-26(4,5)6)21-16(2)19-13-28(14-20(19)17(3)22(21)27)25(30)32-15-18-11-9-8-10-12-18/h8-12,23H,7,13-15H2,1-6H3/t23-/m0/s1. The topological polar surface area (TPSA) is 65.1 Å². The molecule has 0 fully saturated rings. The van der Waals surface area contributed by atoms with Crippen LogP contribution in [0.15, 0.2) is 30.3 Å². The van der Waals surface area contributed by atoms with E-state index >= 15 is 0 Å². The summed E-state index contributed by atoms with van der Waals surface area (Å²) in [5.41, 5.74) is 5.40. The summed E-state index contributed by atoms with van der Waals surface area (Å²) >= 11 is 2.28. The number of benzene rings is 2. The molecule has 0 radical (unpaired) electrons. The Balaban J connectivity index is 1.89. The van der Waals surface area contributed by atoms with Crippen molar-refractivity contribution >= 4 is 34.7 Å². The second-order valence-corrected chi connectivity index (χ2v) is 10.3. The maximum atomic E-state index is 12.9. The molecule has 0 unspecified atom stereocenters. The molecule has 0 bridgehead atoms. The van der Waals surface area contributed by atoms with Crippen molar-refractivity contribution in [1.82, 2.24) is 4.90 Å². The molecule has 0 saturated carbocycles. The average molecular weight is 565 g/mol. The van der Waals surface area contributed by atoms with Crippen molar-refractivity contribution in [1.29, 1.82) is 0 Å². The van der Waals surface area contributed by atoms with Gasteiger partial charge in [-0.25, -0.2) is 9.59 Å². The fourth-order valence-corrected chi connectivity index (χ4v) is 5.04. The Morgan fingerprint density at radius 1 is 1.03 bits per heavy atom. The maximum absolute atomic E-state index is 12.9. The Morgan fingerprint density at radius 3 is 2.21 bits per heavy atom. The van der Waals surface area contributed by atoms with Gasteiger partial charge in [-0.1, -0.05) is 30.3 Å². The molecule has 1 atom stereocenters. The molecule has 2 aromatic carbocycles. The van der Waals surface area contributed by atoms with E-state index in [9.17, 15) is 9.59 Å². The number of nitrogens with zero attached hydrogens (tertiary/aromatic N) is 1. The summed E-state index contributed by atoms with van der Waals surface area (Å²) in [7, 11) is 0. The van der Waals surface area contributed by atoms with Gasteiger partial charge in [-0.2, -0.15) is 0 Å². The van der Waals surface area contributed by atoms with Gasteiger partial charge in [0.1, 0.15) is 6.61 Å². The highest BCUT2D eigenvalue weighted by Gasteiger charge is 2.36. The minimum absolute atomic E-state index is 0.234. The van der Waals surface area contributed by atoms with E-state index in [-0.39, 0.29) is 19.3 Å². The molecule has 1 aliphatic rings. The van der Waals surface area contributed by atoms with Crippen LogP contribution in [0.25, 0.3) is 0 Å². The van der Waals surface area contributed by atoms with Gasteiger partial charge in [0, 0.05) is 15.7 Å². The number of ether oxygens (including phenoxy) is 3. The highest BCUT2D eigenvalue weighted by atomic mass is 127. The summed E-state index contributed by atoms with van der Waals surface area (Å²) in [6, 6.07) is 9.63. The molecule has 6 nitrogen and oxygen atoms in total. The Morgan fingerprint density at radius 2 is 1.64 bits per heavy atom. The molecule has 1 aliphatic heterocycles. The summed E-state index contributed by atoms with van der Waals surface area (Å²) in [5, 5.41) is 0. The summed E-state index contributed by atoms with van der Waals surface area (Å²) in [6.07, 6.45) is -1.18. The molecule has 178 valence electrons. The van der Waals surface area contributed by atoms with Gasteiger partial charge in [0.05, 0.1) is 18.8 Å². The maximum Gasteiger partial charge on any atom is 0.410 e. The van der Waals surface area contributed by atoms with Crippen molar-refractivity contribution in [2.45, 2.75) is 72.9 Å². The van der Waals surface area contributed by atoms with Crippen LogP contribution in [0, 0.1) is 17.4 Å². The van der Waals surface area contributed by atoms with Gasteiger partial charge in [0.2, 0.25) is 0 Å². The van der Waals surface area contributed by atoms with Gasteiger partial charge in [-0.15, -0.1) is 0 Å². The molecule has 7 heteroatoms. The molecule has 2 aromatic rings. The van der Waals surface area contributed by atoms with E-state index in [2.05, 4.69) is 22.6 Å². The first-order chi connectivity index (χ1) is 15.5. The zero-order valence-corrected chi connectivity index (χ0v) is 22.3. The first kappa shape index (κ1) is 25.5. The van der Waals surface area contributed by atoms with E-state index in [0.717, 1.165) is 37.0 Å². The van der Waals surface area contributed by atoms with Gasteiger partial charge < -0.3 is 14.2 Å². The molecule has 0 aromatic heterocycles. The van der Waals surface area contributed by atoms with E-state index in [1.807, 2.05) is 65.0 Å². The average Bonchev–Trinajstić information content (AvgIpc) is 3.21. The van der Waals surface area contributed by atoms with E-state index in [0.29, 0.717) is 13.1 Å². The highest BCUT2D eigenvalue weighted by Crippen LogP contribution is 2.40. The normalized spacial score (nSPS) is 14.1. The molecule has 0 aliphatic carbocycles. The van der Waals surface area contributed by atoms with E-state index in [1.165, 1.54) is 0 Å². The summed E-state index contributed by atoms with van der Waals surface area (Å²) in [5.74, 6) is -0.398. The zero-order valence-electron chi connectivity index (χ0n) is 20.2. The van der Waals surface area contributed by atoms with Crippen LogP contribution in [-0.2, 0) is 38.7 Å². The molecule has 3 rings (SSSR count). The minimum Gasteiger partial charge on any atom is -0.464 e. The number of carbonyl (C=O) groups is 2. The molecular formula is C26H32INO5. The second-order valence-electron chi connectivity index (χ2n) is 9.19. The molecule has 1 amide bonds. The van der Waals surface area contributed by atoms with E-state index < -0.39 is 17.7 Å². The predicted octanol–water partition coefficient (Wildman–Crippen LogP) is 5.98. The van der Waals surface area contributed by atoms with Crippen LogP contribution in [0.3, 0.4) is 0 Å². The highest BCUT2D eigenvalue weighted by molar-refractivity contribution is 14.1. The lowest BCUT2D eigenvalue weighted by atomic mass is 9.91. The molecule has 33 heavy (non-hydrogen) atoms. The lowest BCUT2D eigenvalue weighted by Gasteiger charge is -2.29. The van der Waals surface area contributed by atoms with E-state index in [1.54, 1.807) is 11.8 Å². The Bertz CT molecular complexity index is 1030. The summed E-state index contributed by atoms with van der Waals surface area (Å²) in [6.45, 7) is 13.0. The van der Waals surface area contributed by atoms with Crippen molar-refractivity contribution < 1.29 is 23.8 Å². The van der Waals surface area contributed by atoms with Gasteiger partial charge in [-0.3, -0.25) is 4.90 Å². The second kappa shape index (κ2) is 10.4. The van der Waals surface area contributed by atoms with Crippen LogP contribution >= 0.6 is 22.6 Å². The number of esters is 1. The number of halogens is 1. The Kier molecular flexibility index (Phi) is 8.05. The predicted molar refractivity (Wildman–Crippen MR) is 135 cm³/mol. The fraction of sp³-hybridized carbons (Fsp3) is 0.462. The molecular weight excluding hydrogens is 533 g/mol. The largest absolute Gasteiger partial charge is 0.464 e. The number of fused-ring (bicyclic) bond motifs is 1. The van der Waals surface area contributed by atoms with Crippen molar-refractivity contribution in [3.8, 4) is 0 Å². The van der Waals surface area contributed by atoms with Crippen molar-refractivity contribution in [2.75, 3.05) is 6.61 Å². The van der Waals surface area contributed by atoms with Gasteiger partial charge in [0.15, 0.2) is 6.10 Å². The smallest absolute Gasteiger partial charge is 0.410 e. The number of rotatable bonds is 6. The SMILES string of the molecule is CCOC(=O)[C@@H](OC(C)(C)C)c1c(C)c2c(c(C)c1I)CN(C(=O)OCc1ccccc1)C2. The van der Waals surface area contributed by atoms with Crippen molar-refractivity contribution in [2.24, 2.45) is 0 Å².